The van der Waals surface area contributed by atoms with Gasteiger partial charge in [0.25, 0.3) is 0 Å². The van der Waals surface area contributed by atoms with Gasteiger partial charge in [-0.05, 0) is 31.5 Å². The standard InChI is InChI=1S/C14H19F2N3/c15-12-7-10(17)8-13(16)14(12)19-6-5-18-4-2-1-3-11(18)9-19/h7-8,11H,1-6,9,17H2. The zero-order chi connectivity index (χ0) is 13.4. The van der Waals surface area contributed by atoms with E-state index in [0.29, 0.717) is 19.1 Å². The minimum absolute atomic E-state index is 0.0828. The van der Waals surface area contributed by atoms with Gasteiger partial charge in [-0.25, -0.2) is 8.78 Å². The first-order valence-corrected chi connectivity index (χ1v) is 6.88. The molecule has 2 heterocycles. The monoisotopic (exact) mass is 267 g/mol. The highest BCUT2D eigenvalue weighted by atomic mass is 19.1. The van der Waals surface area contributed by atoms with Crippen molar-refractivity contribution in [2.24, 2.45) is 0 Å². The maximum absolute atomic E-state index is 13.9. The van der Waals surface area contributed by atoms with Gasteiger partial charge in [0, 0.05) is 31.4 Å². The van der Waals surface area contributed by atoms with Gasteiger partial charge in [0.1, 0.15) is 5.69 Å². The van der Waals surface area contributed by atoms with Crippen molar-refractivity contribution < 1.29 is 8.78 Å². The van der Waals surface area contributed by atoms with Crippen molar-refractivity contribution in [3.8, 4) is 0 Å². The summed E-state index contributed by atoms with van der Waals surface area (Å²) in [5.74, 6) is -1.11. The van der Waals surface area contributed by atoms with Crippen LogP contribution in [0.1, 0.15) is 19.3 Å². The Morgan fingerprint density at radius 3 is 2.53 bits per heavy atom. The molecule has 0 bridgehead atoms. The predicted octanol–water partition coefficient (Wildman–Crippen LogP) is 2.22. The number of nitrogens with zero attached hydrogens (tertiary/aromatic N) is 2. The lowest BCUT2D eigenvalue weighted by molar-refractivity contribution is 0.133. The smallest absolute Gasteiger partial charge is 0.151 e. The van der Waals surface area contributed by atoms with E-state index in [4.69, 9.17) is 5.73 Å². The fraction of sp³-hybridized carbons (Fsp3) is 0.571. The molecule has 0 saturated carbocycles. The van der Waals surface area contributed by atoms with E-state index in [9.17, 15) is 8.78 Å². The lowest BCUT2D eigenvalue weighted by atomic mass is 9.99. The highest BCUT2D eigenvalue weighted by Gasteiger charge is 2.31. The van der Waals surface area contributed by atoms with Gasteiger partial charge < -0.3 is 10.6 Å². The van der Waals surface area contributed by atoms with Crippen LogP contribution in [0.2, 0.25) is 0 Å². The molecule has 3 nitrogen and oxygen atoms in total. The minimum atomic E-state index is -0.554. The Hall–Kier alpha value is -1.36. The van der Waals surface area contributed by atoms with Gasteiger partial charge in [-0.1, -0.05) is 6.42 Å². The molecule has 0 aromatic heterocycles. The topological polar surface area (TPSA) is 32.5 Å². The number of rotatable bonds is 1. The van der Waals surface area contributed by atoms with Crippen LogP contribution in [-0.4, -0.2) is 37.1 Å². The van der Waals surface area contributed by atoms with Crippen LogP contribution in [0.5, 0.6) is 0 Å². The Kier molecular flexibility index (Phi) is 3.31. The summed E-state index contributed by atoms with van der Waals surface area (Å²) in [5, 5.41) is 0. The molecule has 0 spiro atoms. The number of hydrogen-bond donors (Lipinski definition) is 1. The van der Waals surface area contributed by atoms with E-state index in [1.165, 1.54) is 25.0 Å². The predicted molar refractivity (Wildman–Crippen MR) is 72.2 cm³/mol. The summed E-state index contributed by atoms with van der Waals surface area (Å²) in [7, 11) is 0. The number of nitrogens with two attached hydrogens (primary N) is 1. The number of hydrogen-bond acceptors (Lipinski definition) is 3. The molecule has 2 aliphatic heterocycles. The van der Waals surface area contributed by atoms with Crippen LogP contribution < -0.4 is 10.6 Å². The second kappa shape index (κ2) is 4.96. The molecule has 5 heteroatoms. The molecule has 2 saturated heterocycles. The quantitative estimate of drug-likeness (QED) is 0.792. The molecule has 104 valence electrons. The summed E-state index contributed by atoms with van der Waals surface area (Å²) in [4.78, 5) is 4.27. The minimum Gasteiger partial charge on any atom is -0.399 e. The third kappa shape index (κ3) is 2.39. The molecule has 0 radical (unpaired) electrons. The van der Waals surface area contributed by atoms with Crippen molar-refractivity contribution >= 4 is 11.4 Å². The van der Waals surface area contributed by atoms with Gasteiger partial charge in [0.15, 0.2) is 11.6 Å². The second-order valence-electron chi connectivity index (χ2n) is 5.46. The number of benzene rings is 1. The Labute approximate surface area is 112 Å². The summed E-state index contributed by atoms with van der Waals surface area (Å²) in [6, 6.07) is 2.83. The van der Waals surface area contributed by atoms with Gasteiger partial charge in [0.05, 0.1) is 0 Å². The molecule has 2 N–H and O–H groups in total. The van der Waals surface area contributed by atoms with Crippen LogP contribution >= 0.6 is 0 Å². The molecule has 0 aliphatic carbocycles. The molecule has 1 unspecified atom stereocenters. The molecule has 1 aromatic carbocycles. The Bertz CT molecular complexity index is 455. The molecule has 0 amide bonds. The average molecular weight is 267 g/mol. The van der Waals surface area contributed by atoms with Crippen LogP contribution in [-0.2, 0) is 0 Å². The van der Waals surface area contributed by atoms with Crippen molar-refractivity contribution in [2.75, 3.05) is 36.8 Å². The van der Waals surface area contributed by atoms with Crippen LogP contribution in [0, 0.1) is 11.6 Å². The molecule has 1 atom stereocenters. The first-order valence-electron chi connectivity index (χ1n) is 6.88. The summed E-state index contributed by atoms with van der Waals surface area (Å²) in [6.07, 6.45) is 3.57. The number of halogens is 2. The Morgan fingerprint density at radius 2 is 1.79 bits per heavy atom. The van der Waals surface area contributed by atoms with E-state index in [2.05, 4.69) is 4.90 Å². The number of nitrogen functional groups attached to an aromatic ring is 1. The van der Waals surface area contributed by atoms with Crippen LogP contribution in [0.15, 0.2) is 12.1 Å². The first-order chi connectivity index (χ1) is 9.15. The second-order valence-corrected chi connectivity index (χ2v) is 5.46. The normalized spacial score (nSPS) is 24.3. The number of piperidine rings is 1. The van der Waals surface area contributed by atoms with E-state index in [1.54, 1.807) is 0 Å². The zero-order valence-electron chi connectivity index (χ0n) is 10.9. The Balaban J connectivity index is 1.83. The van der Waals surface area contributed by atoms with E-state index in [-0.39, 0.29) is 11.4 Å². The average Bonchev–Trinajstić information content (AvgIpc) is 2.37. The molecule has 3 rings (SSSR count). The third-order valence-electron chi connectivity index (χ3n) is 4.19. The molecule has 19 heavy (non-hydrogen) atoms. The molecule has 2 aliphatic rings. The van der Waals surface area contributed by atoms with Crippen LogP contribution in [0.3, 0.4) is 0 Å². The lowest BCUT2D eigenvalue weighted by Gasteiger charge is -2.45. The van der Waals surface area contributed by atoms with E-state index >= 15 is 0 Å². The van der Waals surface area contributed by atoms with Gasteiger partial charge in [-0.15, -0.1) is 0 Å². The maximum Gasteiger partial charge on any atom is 0.151 e. The number of anilines is 2. The molecular weight excluding hydrogens is 248 g/mol. The summed E-state index contributed by atoms with van der Waals surface area (Å²) in [6.45, 7) is 3.38. The fourth-order valence-electron chi connectivity index (χ4n) is 3.25. The first kappa shape index (κ1) is 12.7. The highest BCUT2D eigenvalue weighted by molar-refractivity contribution is 5.56. The SMILES string of the molecule is Nc1cc(F)c(N2CCN3CCCCC3C2)c(F)c1. The largest absolute Gasteiger partial charge is 0.399 e. The molecule has 1 aromatic rings. The number of piperazine rings is 1. The Morgan fingerprint density at radius 1 is 1.05 bits per heavy atom. The van der Waals surface area contributed by atoms with Gasteiger partial charge in [0.2, 0.25) is 0 Å². The highest BCUT2D eigenvalue weighted by Crippen LogP contribution is 2.30. The summed E-state index contributed by atoms with van der Waals surface area (Å²) < 4.78 is 27.9. The van der Waals surface area contributed by atoms with Crippen LogP contribution in [0.4, 0.5) is 20.2 Å². The van der Waals surface area contributed by atoms with Gasteiger partial charge >= 0.3 is 0 Å². The van der Waals surface area contributed by atoms with E-state index < -0.39 is 11.6 Å². The maximum atomic E-state index is 13.9. The van der Waals surface area contributed by atoms with E-state index in [0.717, 1.165) is 19.5 Å². The van der Waals surface area contributed by atoms with Crippen molar-refractivity contribution in [1.82, 2.24) is 4.90 Å². The van der Waals surface area contributed by atoms with Crippen molar-refractivity contribution in [3.05, 3.63) is 23.8 Å². The molecule has 2 fully saturated rings. The van der Waals surface area contributed by atoms with E-state index in [1.807, 2.05) is 4.90 Å². The summed E-state index contributed by atoms with van der Waals surface area (Å²) >= 11 is 0. The van der Waals surface area contributed by atoms with Crippen molar-refractivity contribution in [1.29, 1.82) is 0 Å². The van der Waals surface area contributed by atoms with Crippen molar-refractivity contribution in [2.45, 2.75) is 25.3 Å². The lowest BCUT2D eigenvalue weighted by Crippen LogP contribution is -2.55. The third-order valence-corrected chi connectivity index (χ3v) is 4.19. The van der Waals surface area contributed by atoms with Gasteiger partial charge in [-0.2, -0.15) is 0 Å². The summed E-state index contributed by atoms with van der Waals surface area (Å²) in [5.41, 5.74) is 5.67. The van der Waals surface area contributed by atoms with Gasteiger partial charge in [-0.3, -0.25) is 4.90 Å². The number of fused-ring (bicyclic) bond motifs is 1. The van der Waals surface area contributed by atoms with Crippen molar-refractivity contribution in [3.63, 3.8) is 0 Å². The fourth-order valence-corrected chi connectivity index (χ4v) is 3.25. The zero-order valence-corrected chi connectivity index (χ0v) is 10.9. The molecular formula is C14H19F2N3. The van der Waals surface area contributed by atoms with Crippen LogP contribution in [0.25, 0.3) is 0 Å².